The molecule has 102 valence electrons. The number of fused-ring (bicyclic) bond motifs is 1. The molecule has 1 aromatic carbocycles. The molecule has 1 nitrogen and oxygen atoms in total. The maximum atomic E-state index is 13.0. The average Bonchev–Trinajstić information content (AvgIpc) is 2.75. The van der Waals surface area contributed by atoms with Gasteiger partial charge in [0.15, 0.2) is 5.78 Å². The lowest BCUT2D eigenvalue weighted by molar-refractivity contribution is 0.0599. The molecule has 0 heterocycles. The second kappa shape index (κ2) is 5.11. The van der Waals surface area contributed by atoms with Crippen molar-refractivity contribution in [3.63, 3.8) is 0 Å². The minimum Gasteiger partial charge on any atom is -0.294 e. The molecule has 1 unspecified atom stereocenters. The highest BCUT2D eigenvalue weighted by atomic mass is 16.1. The molecule has 1 fully saturated rings. The molecule has 0 bridgehead atoms. The Morgan fingerprint density at radius 3 is 2.58 bits per heavy atom. The van der Waals surface area contributed by atoms with Crippen LogP contribution < -0.4 is 0 Å². The number of benzene rings is 1. The Kier molecular flexibility index (Phi) is 3.47. The number of hydrogen-bond acceptors (Lipinski definition) is 1. The quantitative estimate of drug-likeness (QED) is 0.759. The summed E-state index contributed by atoms with van der Waals surface area (Å²) >= 11 is 0. The van der Waals surface area contributed by atoms with Crippen LogP contribution in [0.2, 0.25) is 0 Å². The van der Waals surface area contributed by atoms with Crippen molar-refractivity contribution in [2.75, 3.05) is 0 Å². The molecule has 2 aliphatic rings. The fourth-order valence-corrected chi connectivity index (χ4v) is 4.42. The minimum atomic E-state index is -0.0567. The third-order valence-electron chi connectivity index (χ3n) is 5.30. The Labute approximate surface area is 116 Å². The number of carbonyl (C=O) groups is 1. The monoisotopic (exact) mass is 256 g/mol. The fourth-order valence-electron chi connectivity index (χ4n) is 4.42. The minimum absolute atomic E-state index is 0.0567. The number of hydrogen-bond donors (Lipinski definition) is 0. The van der Waals surface area contributed by atoms with Crippen molar-refractivity contribution in [3.8, 4) is 0 Å². The summed E-state index contributed by atoms with van der Waals surface area (Å²) in [5.74, 6) is 1.08. The summed E-state index contributed by atoms with van der Waals surface area (Å²) in [6.07, 6.45) is 9.72. The number of carbonyl (C=O) groups excluding carboxylic acids is 1. The van der Waals surface area contributed by atoms with Crippen LogP contribution in [0, 0.1) is 11.3 Å². The van der Waals surface area contributed by atoms with E-state index in [0.717, 1.165) is 24.8 Å². The molecule has 1 heteroatoms. The van der Waals surface area contributed by atoms with E-state index in [1.807, 2.05) is 12.1 Å². The summed E-state index contributed by atoms with van der Waals surface area (Å²) in [6, 6.07) is 8.29. The molecule has 0 N–H and O–H groups in total. The van der Waals surface area contributed by atoms with Gasteiger partial charge in [-0.3, -0.25) is 4.79 Å². The van der Waals surface area contributed by atoms with Crippen LogP contribution in [0.3, 0.4) is 0 Å². The molecule has 19 heavy (non-hydrogen) atoms. The molecule has 0 radical (unpaired) electrons. The Bertz CT molecular complexity index is 470. The van der Waals surface area contributed by atoms with Crippen molar-refractivity contribution in [2.24, 2.45) is 11.3 Å². The van der Waals surface area contributed by atoms with E-state index >= 15 is 0 Å². The van der Waals surface area contributed by atoms with Gasteiger partial charge in [0, 0.05) is 11.0 Å². The van der Waals surface area contributed by atoms with Crippen LogP contribution in [-0.4, -0.2) is 5.78 Å². The Balaban J connectivity index is 1.97. The van der Waals surface area contributed by atoms with Gasteiger partial charge in [0.1, 0.15) is 0 Å². The predicted octanol–water partition coefficient (Wildman–Crippen LogP) is 4.79. The van der Waals surface area contributed by atoms with E-state index in [1.165, 1.54) is 37.7 Å². The van der Waals surface area contributed by atoms with Gasteiger partial charge in [0.25, 0.3) is 0 Å². The van der Waals surface area contributed by atoms with Gasteiger partial charge >= 0.3 is 0 Å². The lowest BCUT2D eigenvalue weighted by atomic mass is 9.64. The fraction of sp³-hybridized carbons (Fsp3) is 0.611. The lowest BCUT2D eigenvalue weighted by Gasteiger charge is -2.38. The normalized spacial score (nSPS) is 27.5. The van der Waals surface area contributed by atoms with E-state index < -0.39 is 0 Å². The van der Waals surface area contributed by atoms with Crippen LogP contribution in [0.5, 0.6) is 0 Å². The summed E-state index contributed by atoms with van der Waals surface area (Å²) in [4.78, 5) is 13.0. The second-order valence-corrected chi connectivity index (χ2v) is 6.40. The Morgan fingerprint density at radius 1 is 1.16 bits per heavy atom. The summed E-state index contributed by atoms with van der Waals surface area (Å²) in [5.41, 5.74) is 2.26. The van der Waals surface area contributed by atoms with Crippen molar-refractivity contribution in [1.29, 1.82) is 0 Å². The molecule has 1 aromatic rings. The third kappa shape index (κ3) is 2.04. The molecular weight excluding hydrogens is 232 g/mol. The zero-order valence-electron chi connectivity index (χ0n) is 12.0. The third-order valence-corrected chi connectivity index (χ3v) is 5.30. The van der Waals surface area contributed by atoms with Gasteiger partial charge in [-0.15, -0.1) is 0 Å². The van der Waals surface area contributed by atoms with Crippen LogP contribution in [0.25, 0.3) is 0 Å². The van der Waals surface area contributed by atoms with Crippen LogP contribution >= 0.6 is 0 Å². The number of Topliss-reactive ketones (excluding diaryl/α,β-unsaturated/α-hetero) is 1. The molecule has 0 amide bonds. The van der Waals surface area contributed by atoms with E-state index in [4.69, 9.17) is 0 Å². The highest BCUT2D eigenvalue weighted by Gasteiger charge is 2.49. The van der Waals surface area contributed by atoms with E-state index in [0.29, 0.717) is 11.7 Å². The van der Waals surface area contributed by atoms with E-state index in [9.17, 15) is 4.79 Å². The van der Waals surface area contributed by atoms with Crippen LogP contribution in [0.15, 0.2) is 24.3 Å². The zero-order chi connectivity index (χ0) is 13.3. The second-order valence-electron chi connectivity index (χ2n) is 6.40. The van der Waals surface area contributed by atoms with Crippen molar-refractivity contribution < 1.29 is 4.79 Å². The lowest BCUT2D eigenvalue weighted by Crippen LogP contribution is -2.37. The highest BCUT2D eigenvalue weighted by molar-refractivity contribution is 6.05. The summed E-state index contributed by atoms with van der Waals surface area (Å²) in [6.45, 7) is 2.22. The van der Waals surface area contributed by atoms with Crippen molar-refractivity contribution in [3.05, 3.63) is 35.4 Å². The van der Waals surface area contributed by atoms with Crippen molar-refractivity contribution in [1.82, 2.24) is 0 Å². The van der Waals surface area contributed by atoms with Gasteiger partial charge in [-0.25, -0.2) is 0 Å². The van der Waals surface area contributed by atoms with E-state index in [-0.39, 0.29) is 5.41 Å². The molecule has 0 aromatic heterocycles. The van der Waals surface area contributed by atoms with Gasteiger partial charge in [-0.1, -0.05) is 56.9 Å². The van der Waals surface area contributed by atoms with Crippen LogP contribution in [0.4, 0.5) is 0 Å². The van der Waals surface area contributed by atoms with Gasteiger partial charge in [0.2, 0.25) is 0 Å². The number of rotatable bonds is 3. The Hall–Kier alpha value is -1.11. The standard InChI is InChI=1S/C18H24O/c1-2-12-18(15-9-4-3-5-10-15)13-14-8-6-7-11-16(14)17(18)19/h6-8,11,15H,2-5,9-10,12-13H2,1H3. The first-order chi connectivity index (χ1) is 9.28. The van der Waals surface area contributed by atoms with Gasteiger partial charge in [-0.2, -0.15) is 0 Å². The van der Waals surface area contributed by atoms with Crippen molar-refractivity contribution in [2.45, 2.75) is 58.3 Å². The molecular formula is C18H24O. The summed E-state index contributed by atoms with van der Waals surface area (Å²) in [7, 11) is 0. The Morgan fingerprint density at radius 2 is 1.89 bits per heavy atom. The first kappa shape index (κ1) is 12.9. The highest BCUT2D eigenvalue weighted by Crippen LogP contribution is 2.50. The topological polar surface area (TPSA) is 17.1 Å². The molecule has 1 saturated carbocycles. The molecule has 2 aliphatic carbocycles. The zero-order valence-corrected chi connectivity index (χ0v) is 12.0. The number of ketones is 1. The SMILES string of the molecule is CCCC1(C2CCCCC2)Cc2ccccc2C1=O. The first-order valence-electron chi connectivity index (χ1n) is 7.90. The molecule has 3 rings (SSSR count). The molecule has 0 aliphatic heterocycles. The first-order valence-corrected chi connectivity index (χ1v) is 7.90. The van der Waals surface area contributed by atoms with E-state index in [1.54, 1.807) is 0 Å². The molecule has 0 saturated heterocycles. The average molecular weight is 256 g/mol. The van der Waals surface area contributed by atoms with Crippen molar-refractivity contribution >= 4 is 5.78 Å². The maximum Gasteiger partial charge on any atom is 0.169 e. The molecule has 1 atom stereocenters. The van der Waals surface area contributed by atoms with Gasteiger partial charge in [-0.05, 0) is 37.2 Å². The van der Waals surface area contributed by atoms with Crippen LogP contribution in [0.1, 0.15) is 67.8 Å². The summed E-state index contributed by atoms with van der Waals surface area (Å²) in [5, 5.41) is 0. The van der Waals surface area contributed by atoms with E-state index in [2.05, 4.69) is 19.1 Å². The smallest absolute Gasteiger partial charge is 0.169 e. The van der Waals surface area contributed by atoms with Crippen LogP contribution in [-0.2, 0) is 6.42 Å². The maximum absolute atomic E-state index is 13.0. The largest absolute Gasteiger partial charge is 0.294 e. The molecule has 0 spiro atoms. The van der Waals surface area contributed by atoms with Gasteiger partial charge < -0.3 is 0 Å². The summed E-state index contributed by atoms with van der Waals surface area (Å²) < 4.78 is 0. The predicted molar refractivity (Wildman–Crippen MR) is 78.4 cm³/mol. The van der Waals surface area contributed by atoms with Gasteiger partial charge in [0.05, 0.1) is 0 Å².